The number of aliphatic hydroxyl groups is 1. The van der Waals surface area contributed by atoms with E-state index in [1.54, 1.807) is 6.20 Å². The lowest BCUT2D eigenvalue weighted by Gasteiger charge is -1.93. The van der Waals surface area contributed by atoms with Crippen LogP contribution in [0.3, 0.4) is 0 Å². The predicted octanol–water partition coefficient (Wildman–Crippen LogP) is 3.11. The molecule has 2 heterocycles. The van der Waals surface area contributed by atoms with Crippen LogP contribution in [0.15, 0.2) is 41.7 Å². The van der Waals surface area contributed by atoms with Gasteiger partial charge >= 0.3 is 0 Å². The van der Waals surface area contributed by atoms with Gasteiger partial charge in [0.15, 0.2) is 0 Å². The second-order valence-corrected chi connectivity index (χ2v) is 4.12. The Kier molecular flexibility index (Phi) is 3.44. The minimum atomic E-state index is -0.561. The molecule has 0 spiro atoms. The van der Waals surface area contributed by atoms with Crippen LogP contribution in [0.1, 0.15) is 5.56 Å². The van der Waals surface area contributed by atoms with Gasteiger partial charge in [-0.25, -0.2) is 4.39 Å². The molecule has 2 rings (SSSR count). The molecule has 82 valence electrons. The van der Waals surface area contributed by atoms with Crippen molar-refractivity contribution in [2.45, 2.75) is 0 Å². The summed E-state index contributed by atoms with van der Waals surface area (Å²) in [6.45, 7) is -0.561. The fraction of sp³-hybridized carbons (Fsp3) is 0.0833. The Morgan fingerprint density at radius 1 is 1.50 bits per heavy atom. The largest absolute Gasteiger partial charge is 0.389 e. The molecule has 1 N–H and O–H groups in total. The zero-order valence-corrected chi connectivity index (χ0v) is 9.25. The first kappa shape index (κ1) is 11.0. The maximum absolute atomic E-state index is 12.8. The average molecular weight is 235 g/mol. The summed E-state index contributed by atoms with van der Waals surface area (Å²) in [6.07, 6.45) is 3.04. The number of hydrogen-bond acceptors (Lipinski definition) is 3. The number of rotatable bonds is 3. The van der Waals surface area contributed by atoms with Gasteiger partial charge in [-0.15, -0.1) is 11.3 Å². The number of thiophene rings is 1. The second kappa shape index (κ2) is 5.01. The molecule has 0 unspecified atom stereocenters. The van der Waals surface area contributed by atoms with Gasteiger partial charge in [-0.2, -0.15) is 0 Å². The van der Waals surface area contributed by atoms with Gasteiger partial charge in [0.2, 0.25) is 0 Å². The second-order valence-electron chi connectivity index (χ2n) is 3.21. The third-order valence-electron chi connectivity index (χ3n) is 2.01. The monoisotopic (exact) mass is 235 g/mol. The Morgan fingerprint density at radius 2 is 2.38 bits per heavy atom. The summed E-state index contributed by atoms with van der Waals surface area (Å²) in [6, 6.07) is 7.51. The summed E-state index contributed by atoms with van der Waals surface area (Å²) in [4.78, 5) is 5.19. The highest BCUT2D eigenvalue weighted by molar-refractivity contribution is 7.13. The minimum Gasteiger partial charge on any atom is -0.389 e. The molecular formula is C12H10FNOS. The van der Waals surface area contributed by atoms with Gasteiger partial charge in [0.1, 0.15) is 5.83 Å². The molecule has 4 heteroatoms. The van der Waals surface area contributed by atoms with Crippen molar-refractivity contribution in [1.82, 2.24) is 4.98 Å². The molecule has 2 nitrogen and oxygen atoms in total. The summed E-state index contributed by atoms with van der Waals surface area (Å²) in [5, 5.41) is 10.4. The first-order valence-electron chi connectivity index (χ1n) is 4.76. The highest BCUT2D eigenvalue weighted by Gasteiger charge is 2.02. The summed E-state index contributed by atoms with van der Waals surface area (Å²) < 4.78 is 12.8. The zero-order chi connectivity index (χ0) is 11.4. The van der Waals surface area contributed by atoms with Gasteiger partial charge in [0.25, 0.3) is 0 Å². The number of aliphatic hydroxyl groups excluding tert-OH is 1. The highest BCUT2D eigenvalue weighted by atomic mass is 32.1. The quantitative estimate of drug-likeness (QED) is 0.886. The van der Waals surface area contributed by atoms with E-state index >= 15 is 0 Å². The fourth-order valence-corrected chi connectivity index (χ4v) is 2.14. The van der Waals surface area contributed by atoms with Gasteiger partial charge < -0.3 is 5.11 Å². The first-order valence-corrected chi connectivity index (χ1v) is 5.64. The van der Waals surface area contributed by atoms with Crippen LogP contribution in [0.25, 0.3) is 16.6 Å². The van der Waals surface area contributed by atoms with Crippen LogP contribution in [0.2, 0.25) is 0 Å². The molecule has 16 heavy (non-hydrogen) atoms. The molecule has 0 aliphatic carbocycles. The molecule has 0 bridgehead atoms. The van der Waals surface area contributed by atoms with E-state index in [0.29, 0.717) is 0 Å². The molecule has 2 aromatic heterocycles. The number of hydrogen-bond donors (Lipinski definition) is 1. The van der Waals surface area contributed by atoms with Gasteiger partial charge in [-0.3, -0.25) is 4.98 Å². The van der Waals surface area contributed by atoms with E-state index in [2.05, 4.69) is 4.98 Å². The van der Waals surface area contributed by atoms with E-state index in [0.717, 1.165) is 16.1 Å². The first-order chi connectivity index (χ1) is 7.79. The van der Waals surface area contributed by atoms with Crippen molar-refractivity contribution in [2.24, 2.45) is 0 Å². The van der Waals surface area contributed by atoms with Crippen molar-refractivity contribution in [3.8, 4) is 10.6 Å². The summed E-state index contributed by atoms with van der Waals surface area (Å²) in [7, 11) is 0. The lowest BCUT2D eigenvalue weighted by Crippen LogP contribution is -1.80. The molecule has 0 aromatic carbocycles. The van der Waals surface area contributed by atoms with Crippen molar-refractivity contribution in [2.75, 3.05) is 6.61 Å². The average Bonchev–Trinajstić information content (AvgIpc) is 2.78. The highest BCUT2D eigenvalue weighted by Crippen LogP contribution is 2.26. The third kappa shape index (κ3) is 2.53. The number of pyridine rings is 1. The predicted molar refractivity (Wildman–Crippen MR) is 63.7 cm³/mol. The van der Waals surface area contributed by atoms with Crippen molar-refractivity contribution >= 4 is 17.4 Å². The molecule has 0 radical (unpaired) electrons. The molecule has 0 saturated carbocycles. The molecule has 0 aliphatic heterocycles. The van der Waals surface area contributed by atoms with Gasteiger partial charge in [-0.05, 0) is 35.2 Å². The van der Waals surface area contributed by atoms with Crippen molar-refractivity contribution in [1.29, 1.82) is 0 Å². The molecule has 0 aliphatic rings. The Hall–Kier alpha value is -1.52. The van der Waals surface area contributed by atoms with E-state index < -0.39 is 12.4 Å². The lowest BCUT2D eigenvalue weighted by molar-refractivity contribution is 0.300. The van der Waals surface area contributed by atoms with Crippen LogP contribution in [-0.2, 0) is 0 Å². The van der Waals surface area contributed by atoms with Gasteiger partial charge in [0.05, 0.1) is 17.2 Å². The number of halogens is 1. The molecular weight excluding hydrogens is 225 g/mol. The topological polar surface area (TPSA) is 33.1 Å². The summed E-state index contributed by atoms with van der Waals surface area (Å²) in [5.41, 5.74) is 1.62. The number of aromatic nitrogens is 1. The maximum atomic E-state index is 12.8. The maximum Gasteiger partial charge on any atom is 0.126 e. The van der Waals surface area contributed by atoms with Crippen LogP contribution in [0.5, 0.6) is 0 Å². The van der Waals surface area contributed by atoms with Crippen LogP contribution < -0.4 is 0 Å². The Balaban J connectivity index is 2.27. The van der Waals surface area contributed by atoms with Crippen molar-refractivity contribution in [3.05, 3.63) is 47.2 Å². The Morgan fingerprint density at radius 3 is 3.06 bits per heavy atom. The molecule has 0 saturated heterocycles. The summed E-state index contributed by atoms with van der Waals surface area (Å²) in [5.74, 6) is -0.537. The fourth-order valence-electron chi connectivity index (χ4n) is 1.30. The SMILES string of the molecule is OCC(F)=Cc1csc(-c2ccccn2)c1. The van der Waals surface area contributed by atoms with E-state index in [1.807, 2.05) is 29.6 Å². The molecule has 0 fully saturated rings. The standard InChI is InChI=1S/C12H10FNOS/c13-10(7-15)5-9-6-12(16-8-9)11-3-1-2-4-14-11/h1-6,8,15H,7H2. The molecule has 0 amide bonds. The van der Waals surface area contributed by atoms with E-state index in [4.69, 9.17) is 5.11 Å². The smallest absolute Gasteiger partial charge is 0.126 e. The van der Waals surface area contributed by atoms with Crippen molar-refractivity contribution < 1.29 is 9.50 Å². The molecule has 2 aromatic rings. The van der Waals surface area contributed by atoms with Gasteiger partial charge in [0, 0.05) is 6.20 Å². The van der Waals surface area contributed by atoms with E-state index in [9.17, 15) is 4.39 Å². The summed E-state index contributed by atoms with van der Waals surface area (Å²) >= 11 is 1.50. The minimum absolute atomic E-state index is 0.537. The van der Waals surface area contributed by atoms with Crippen LogP contribution in [0.4, 0.5) is 4.39 Å². The number of nitrogens with zero attached hydrogens (tertiary/aromatic N) is 1. The normalized spacial score (nSPS) is 11.8. The zero-order valence-electron chi connectivity index (χ0n) is 8.43. The lowest BCUT2D eigenvalue weighted by atomic mass is 10.2. The third-order valence-corrected chi connectivity index (χ3v) is 2.98. The van der Waals surface area contributed by atoms with Crippen LogP contribution in [0, 0.1) is 0 Å². The molecule has 0 atom stereocenters. The van der Waals surface area contributed by atoms with Crippen molar-refractivity contribution in [3.63, 3.8) is 0 Å². The van der Waals surface area contributed by atoms with Gasteiger partial charge in [-0.1, -0.05) is 6.07 Å². The van der Waals surface area contributed by atoms with E-state index in [1.165, 1.54) is 17.4 Å². The Labute approximate surface area is 96.7 Å². The van der Waals surface area contributed by atoms with E-state index in [-0.39, 0.29) is 0 Å². The Bertz CT molecular complexity index is 493. The van der Waals surface area contributed by atoms with Crippen LogP contribution >= 0.6 is 11.3 Å². The van der Waals surface area contributed by atoms with Crippen LogP contribution in [-0.4, -0.2) is 16.7 Å².